The van der Waals surface area contributed by atoms with Crippen molar-refractivity contribution in [2.45, 2.75) is 12.8 Å². The van der Waals surface area contributed by atoms with Crippen molar-refractivity contribution in [3.05, 3.63) is 41.9 Å². The smallest absolute Gasteiger partial charge is 0.303 e. The van der Waals surface area contributed by atoms with Crippen molar-refractivity contribution >= 4 is 5.97 Å². The predicted octanol–water partition coefficient (Wildman–Crippen LogP) is 2.37. The van der Waals surface area contributed by atoms with Crippen LogP contribution in [0.15, 0.2) is 24.4 Å². The summed E-state index contributed by atoms with van der Waals surface area (Å²) < 4.78 is 26.2. The van der Waals surface area contributed by atoms with Crippen LogP contribution in [0, 0.1) is 11.6 Å². The maximum absolute atomic E-state index is 13.5. The van der Waals surface area contributed by atoms with Gasteiger partial charge in [0.25, 0.3) is 0 Å². The monoisotopic (exact) mass is 252 g/mol. The number of carboxylic acid groups (broad SMARTS) is 1. The van der Waals surface area contributed by atoms with Gasteiger partial charge in [-0.15, -0.1) is 0 Å². The first kappa shape index (κ1) is 12.2. The number of nitrogens with zero attached hydrogens (tertiary/aromatic N) is 1. The van der Waals surface area contributed by atoms with E-state index in [1.165, 1.54) is 12.3 Å². The minimum atomic E-state index is -0.930. The van der Waals surface area contributed by atoms with Crippen LogP contribution in [0.5, 0.6) is 0 Å². The van der Waals surface area contributed by atoms with Crippen LogP contribution in [0.3, 0.4) is 0 Å². The second-order valence-electron chi connectivity index (χ2n) is 3.76. The molecule has 0 fully saturated rings. The zero-order valence-corrected chi connectivity index (χ0v) is 9.28. The van der Waals surface area contributed by atoms with E-state index in [0.29, 0.717) is 11.5 Å². The summed E-state index contributed by atoms with van der Waals surface area (Å²) in [5.74, 6) is -1.82. The van der Waals surface area contributed by atoms with Gasteiger partial charge in [-0.1, -0.05) is 0 Å². The molecule has 2 aromatic rings. The molecule has 6 heteroatoms. The minimum absolute atomic E-state index is 0.0567. The van der Waals surface area contributed by atoms with E-state index < -0.39 is 17.6 Å². The second kappa shape index (κ2) is 4.95. The zero-order chi connectivity index (χ0) is 13.1. The van der Waals surface area contributed by atoms with E-state index >= 15 is 0 Å². The van der Waals surface area contributed by atoms with Crippen LogP contribution in [0.1, 0.15) is 12.2 Å². The fourth-order valence-corrected chi connectivity index (χ4v) is 1.56. The fourth-order valence-electron chi connectivity index (χ4n) is 1.56. The lowest BCUT2D eigenvalue weighted by atomic mass is 10.1. The summed E-state index contributed by atoms with van der Waals surface area (Å²) in [6, 6.07) is 3.24. The van der Waals surface area contributed by atoms with E-state index in [0.717, 1.165) is 12.1 Å². The Kier molecular flexibility index (Phi) is 3.36. The van der Waals surface area contributed by atoms with Gasteiger partial charge in [-0.2, -0.15) is 0 Å². The van der Waals surface area contributed by atoms with Crippen molar-refractivity contribution in [2.75, 3.05) is 0 Å². The van der Waals surface area contributed by atoms with Crippen molar-refractivity contribution in [1.29, 1.82) is 0 Å². The molecular weight excluding hydrogens is 242 g/mol. The van der Waals surface area contributed by atoms with Crippen LogP contribution in [0.25, 0.3) is 11.3 Å². The summed E-state index contributed by atoms with van der Waals surface area (Å²) in [5.41, 5.74) is 0.596. The Morgan fingerprint density at radius 3 is 2.83 bits per heavy atom. The molecule has 0 aliphatic heterocycles. The molecule has 0 radical (unpaired) electrons. The lowest BCUT2D eigenvalue weighted by molar-refractivity contribution is -0.137. The zero-order valence-electron chi connectivity index (χ0n) is 9.28. The molecule has 1 heterocycles. The third kappa shape index (κ3) is 2.71. The molecule has 18 heavy (non-hydrogen) atoms. The number of rotatable bonds is 4. The molecule has 4 nitrogen and oxygen atoms in total. The molecule has 0 unspecified atom stereocenters. The van der Waals surface area contributed by atoms with E-state index in [2.05, 4.69) is 9.97 Å². The summed E-state index contributed by atoms with van der Waals surface area (Å²) in [6.45, 7) is 0. The number of carboxylic acids is 1. The van der Waals surface area contributed by atoms with E-state index in [-0.39, 0.29) is 18.4 Å². The first-order chi connectivity index (χ1) is 8.56. The van der Waals surface area contributed by atoms with Crippen LogP contribution in [0.4, 0.5) is 8.78 Å². The van der Waals surface area contributed by atoms with Crippen LogP contribution in [-0.4, -0.2) is 21.0 Å². The van der Waals surface area contributed by atoms with Crippen LogP contribution < -0.4 is 0 Å². The van der Waals surface area contributed by atoms with Gasteiger partial charge in [-0.3, -0.25) is 4.79 Å². The van der Waals surface area contributed by atoms with Gasteiger partial charge >= 0.3 is 5.97 Å². The highest BCUT2D eigenvalue weighted by Crippen LogP contribution is 2.21. The summed E-state index contributed by atoms with van der Waals surface area (Å²) in [4.78, 5) is 17.2. The number of aryl methyl sites for hydroxylation is 1. The topological polar surface area (TPSA) is 66.0 Å². The van der Waals surface area contributed by atoms with Crippen molar-refractivity contribution in [3.8, 4) is 11.3 Å². The van der Waals surface area contributed by atoms with Gasteiger partial charge in [0.15, 0.2) is 0 Å². The Morgan fingerprint density at radius 2 is 2.17 bits per heavy atom. The third-order valence-corrected chi connectivity index (χ3v) is 2.43. The Bertz CT molecular complexity index is 581. The number of halogens is 2. The number of aromatic amines is 1. The molecule has 0 atom stereocenters. The SMILES string of the molecule is O=C(O)CCc1ncc(-c2ccc(F)cc2F)[nH]1. The average Bonchev–Trinajstić information content (AvgIpc) is 2.75. The van der Waals surface area contributed by atoms with Gasteiger partial charge < -0.3 is 10.1 Å². The summed E-state index contributed by atoms with van der Waals surface area (Å²) in [6.07, 6.45) is 1.57. The Hall–Kier alpha value is -2.24. The minimum Gasteiger partial charge on any atom is -0.481 e. The number of nitrogens with one attached hydrogen (secondary N) is 1. The summed E-state index contributed by atoms with van der Waals surface area (Å²) in [5, 5.41) is 8.53. The molecule has 0 aliphatic carbocycles. The highest BCUT2D eigenvalue weighted by Gasteiger charge is 2.10. The maximum atomic E-state index is 13.5. The van der Waals surface area contributed by atoms with Crippen LogP contribution >= 0.6 is 0 Å². The number of hydrogen-bond donors (Lipinski definition) is 2. The molecule has 2 rings (SSSR count). The highest BCUT2D eigenvalue weighted by molar-refractivity contribution is 5.67. The number of aliphatic carboxylic acids is 1. The summed E-state index contributed by atoms with van der Waals surface area (Å²) >= 11 is 0. The lowest BCUT2D eigenvalue weighted by Gasteiger charge is -1.99. The van der Waals surface area contributed by atoms with E-state index in [4.69, 9.17) is 5.11 Å². The number of aromatic nitrogens is 2. The van der Waals surface area contributed by atoms with Gasteiger partial charge in [0.05, 0.1) is 18.3 Å². The third-order valence-electron chi connectivity index (χ3n) is 2.43. The first-order valence-corrected chi connectivity index (χ1v) is 5.27. The molecule has 0 spiro atoms. The molecule has 0 amide bonds. The molecule has 0 aliphatic rings. The number of carbonyl (C=O) groups is 1. The molecule has 94 valence electrons. The van der Waals surface area contributed by atoms with Crippen molar-refractivity contribution in [2.24, 2.45) is 0 Å². The quantitative estimate of drug-likeness (QED) is 0.877. The Morgan fingerprint density at radius 1 is 1.39 bits per heavy atom. The van der Waals surface area contributed by atoms with E-state index in [1.807, 2.05) is 0 Å². The van der Waals surface area contributed by atoms with E-state index in [9.17, 15) is 13.6 Å². The van der Waals surface area contributed by atoms with Gasteiger partial charge in [-0.25, -0.2) is 13.8 Å². The molecule has 1 aromatic heterocycles. The fraction of sp³-hybridized carbons (Fsp3) is 0.167. The number of benzene rings is 1. The molecule has 2 N–H and O–H groups in total. The number of hydrogen-bond acceptors (Lipinski definition) is 2. The molecular formula is C12H10F2N2O2. The molecule has 0 saturated carbocycles. The normalized spacial score (nSPS) is 10.6. The predicted molar refractivity (Wildman–Crippen MR) is 59.9 cm³/mol. The Balaban J connectivity index is 2.21. The van der Waals surface area contributed by atoms with Gasteiger partial charge in [-0.05, 0) is 12.1 Å². The van der Waals surface area contributed by atoms with Crippen LogP contribution in [-0.2, 0) is 11.2 Å². The molecule has 0 bridgehead atoms. The van der Waals surface area contributed by atoms with Gasteiger partial charge in [0.2, 0.25) is 0 Å². The molecule has 0 saturated heterocycles. The average molecular weight is 252 g/mol. The standard InChI is InChI=1S/C12H10F2N2O2/c13-7-1-2-8(9(14)5-7)10-6-15-11(16-10)3-4-12(17)18/h1-2,5-6H,3-4H2,(H,15,16)(H,17,18). The Labute approximate surface area is 101 Å². The van der Waals surface area contributed by atoms with Gasteiger partial charge in [0, 0.05) is 18.1 Å². The number of H-pyrrole nitrogens is 1. The highest BCUT2D eigenvalue weighted by atomic mass is 19.1. The number of imidazole rings is 1. The van der Waals surface area contributed by atoms with Crippen molar-refractivity contribution in [3.63, 3.8) is 0 Å². The van der Waals surface area contributed by atoms with Gasteiger partial charge in [0.1, 0.15) is 17.5 Å². The maximum Gasteiger partial charge on any atom is 0.303 e. The summed E-state index contributed by atoms with van der Waals surface area (Å²) in [7, 11) is 0. The van der Waals surface area contributed by atoms with E-state index in [1.54, 1.807) is 0 Å². The molecule has 1 aromatic carbocycles. The lowest BCUT2D eigenvalue weighted by Crippen LogP contribution is -1.98. The first-order valence-electron chi connectivity index (χ1n) is 5.27. The van der Waals surface area contributed by atoms with Crippen molar-refractivity contribution < 1.29 is 18.7 Å². The van der Waals surface area contributed by atoms with Crippen LogP contribution in [0.2, 0.25) is 0 Å². The second-order valence-corrected chi connectivity index (χ2v) is 3.76. The van der Waals surface area contributed by atoms with Crippen molar-refractivity contribution in [1.82, 2.24) is 9.97 Å². The largest absolute Gasteiger partial charge is 0.481 e.